The SMILES string of the molecule is O=c1cc(O)nc(C(F)Cl)[nH]1. The van der Waals surface area contributed by atoms with Crippen LogP contribution in [0, 0.1) is 0 Å². The summed E-state index contributed by atoms with van der Waals surface area (Å²) in [5, 5.41) is 8.69. The summed E-state index contributed by atoms with van der Waals surface area (Å²) < 4.78 is 12.2. The standard InChI is InChI=1S/C5H4ClFN2O2/c6-4(7)5-8-2(10)1-3(11)9-5/h1,4H,(H2,8,9,10,11). The molecular weight excluding hydrogens is 175 g/mol. The van der Waals surface area contributed by atoms with E-state index in [9.17, 15) is 9.18 Å². The number of rotatable bonds is 1. The smallest absolute Gasteiger partial charge is 0.254 e. The second-order valence-corrected chi connectivity index (χ2v) is 2.17. The van der Waals surface area contributed by atoms with Crippen LogP contribution in [0.25, 0.3) is 0 Å². The third-order valence-corrected chi connectivity index (χ3v) is 1.16. The van der Waals surface area contributed by atoms with E-state index in [4.69, 9.17) is 16.7 Å². The van der Waals surface area contributed by atoms with Crippen LogP contribution in [0.3, 0.4) is 0 Å². The van der Waals surface area contributed by atoms with Crippen molar-refractivity contribution in [2.45, 2.75) is 5.63 Å². The molecule has 1 unspecified atom stereocenters. The number of alkyl halides is 2. The molecule has 0 saturated heterocycles. The summed E-state index contributed by atoms with van der Waals surface area (Å²) in [6, 6.07) is 0.822. The first-order valence-electron chi connectivity index (χ1n) is 2.68. The van der Waals surface area contributed by atoms with Crippen LogP contribution in [-0.2, 0) is 0 Å². The summed E-state index contributed by atoms with van der Waals surface area (Å²) in [7, 11) is 0. The molecule has 1 rings (SSSR count). The highest BCUT2D eigenvalue weighted by Crippen LogP contribution is 2.16. The normalized spacial score (nSPS) is 12.9. The molecule has 2 N–H and O–H groups in total. The molecule has 1 aromatic heterocycles. The number of hydrogen-bond acceptors (Lipinski definition) is 3. The second-order valence-electron chi connectivity index (χ2n) is 1.79. The molecule has 0 aliphatic rings. The predicted molar refractivity (Wildman–Crippen MR) is 36.2 cm³/mol. The van der Waals surface area contributed by atoms with E-state index in [0.29, 0.717) is 0 Å². The van der Waals surface area contributed by atoms with Crippen molar-refractivity contribution in [3.63, 3.8) is 0 Å². The Hall–Kier alpha value is -1.10. The first-order chi connectivity index (χ1) is 5.09. The van der Waals surface area contributed by atoms with Crippen molar-refractivity contribution in [2.75, 3.05) is 0 Å². The summed E-state index contributed by atoms with van der Waals surface area (Å²) in [6.07, 6.45) is 0. The Kier molecular flexibility index (Phi) is 2.09. The lowest BCUT2D eigenvalue weighted by Gasteiger charge is -1.97. The minimum absolute atomic E-state index is 0.392. The Balaban J connectivity index is 3.19. The fourth-order valence-corrected chi connectivity index (χ4v) is 0.670. The van der Waals surface area contributed by atoms with Gasteiger partial charge in [0.2, 0.25) is 11.5 Å². The molecule has 0 aromatic carbocycles. The molecule has 1 aromatic rings. The molecule has 4 nitrogen and oxygen atoms in total. The summed E-state index contributed by atoms with van der Waals surface area (Å²) in [5.74, 6) is -0.941. The largest absolute Gasteiger partial charge is 0.493 e. The van der Waals surface area contributed by atoms with Crippen LogP contribution in [0.1, 0.15) is 11.5 Å². The third-order valence-electron chi connectivity index (χ3n) is 0.953. The number of halogens is 2. The maximum atomic E-state index is 12.2. The summed E-state index contributed by atoms with van der Waals surface area (Å²) >= 11 is 4.94. The van der Waals surface area contributed by atoms with Gasteiger partial charge in [-0.3, -0.25) is 4.79 Å². The predicted octanol–water partition coefficient (Wildman–Crippen LogP) is 0.682. The number of nitrogens with zero attached hydrogens (tertiary/aromatic N) is 1. The van der Waals surface area contributed by atoms with Gasteiger partial charge in [0.25, 0.3) is 5.56 Å². The molecule has 6 heteroatoms. The van der Waals surface area contributed by atoms with Gasteiger partial charge in [-0.15, -0.1) is 0 Å². The van der Waals surface area contributed by atoms with Crippen molar-refractivity contribution in [3.05, 3.63) is 22.2 Å². The Morgan fingerprint density at radius 3 is 2.91 bits per heavy atom. The molecular formula is C5H4ClFN2O2. The third kappa shape index (κ3) is 1.91. The molecule has 0 aliphatic heterocycles. The van der Waals surface area contributed by atoms with Gasteiger partial charge in [-0.25, -0.2) is 4.39 Å². The van der Waals surface area contributed by atoms with E-state index in [1.165, 1.54) is 0 Å². The van der Waals surface area contributed by atoms with Gasteiger partial charge in [0.15, 0.2) is 5.82 Å². The lowest BCUT2D eigenvalue weighted by Crippen LogP contribution is -2.09. The zero-order valence-electron chi connectivity index (χ0n) is 5.21. The van der Waals surface area contributed by atoms with E-state index >= 15 is 0 Å². The van der Waals surface area contributed by atoms with E-state index < -0.39 is 22.9 Å². The first kappa shape index (κ1) is 8.00. The van der Waals surface area contributed by atoms with Crippen LogP contribution in [0.4, 0.5) is 4.39 Å². The molecule has 0 bridgehead atoms. The fraction of sp³-hybridized carbons (Fsp3) is 0.200. The maximum Gasteiger partial charge on any atom is 0.254 e. The molecule has 0 fully saturated rings. The lowest BCUT2D eigenvalue weighted by atomic mass is 10.5. The zero-order valence-corrected chi connectivity index (χ0v) is 5.97. The Morgan fingerprint density at radius 1 is 1.82 bits per heavy atom. The second kappa shape index (κ2) is 2.87. The number of aromatic nitrogens is 2. The van der Waals surface area contributed by atoms with E-state index in [2.05, 4.69) is 4.98 Å². The Morgan fingerprint density at radius 2 is 2.45 bits per heavy atom. The van der Waals surface area contributed by atoms with Gasteiger partial charge in [0.05, 0.1) is 6.07 Å². The van der Waals surface area contributed by atoms with Crippen LogP contribution in [0.15, 0.2) is 10.9 Å². The Bertz CT molecular complexity index is 312. The van der Waals surface area contributed by atoms with Crippen molar-refractivity contribution in [1.82, 2.24) is 9.97 Å². The highest BCUT2D eigenvalue weighted by molar-refractivity contribution is 6.19. The fourth-order valence-electron chi connectivity index (χ4n) is 0.567. The molecule has 0 amide bonds. The molecule has 0 spiro atoms. The quantitative estimate of drug-likeness (QED) is 0.622. The molecule has 0 saturated carbocycles. The van der Waals surface area contributed by atoms with Gasteiger partial charge in [0.1, 0.15) is 0 Å². The van der Waals surface area contributed by atoms with Crippen LogP contribution in [0.5, 0.6) is 5.88 Å². The molecule has 1 heterocycles. The first-order valence-corrected chi connectivity index (χ1v) is 3.11. The molecule has 0 radical (unpaired) electrons. The maximum absolute atomic E-state index is 12.2. The monoisotopic (exact) mass is 178 g/mol. The van der Waals surface area contributed by atoms with Gasteiger partial charge in [-0.05, 0) is 0 Å². The Labute approximate surface area is 65.7 Å². The summed E-state index contributed by atoms with van der Waals surface area (Å²) in [6.45, 7) is 0. The van der Waals surface area contributed by atoms with Crippen molar-refractivity contribution in [2.24, 2.45) is 0 Å². The summed E-state index contributed by atoms with van der Waals surface area (Å²) in [4.78, 5) is 15.8. The van der Waals surface area contributed by atoms with E-state index in [1.807, 2.05) is 4.98 Å². The van der Waals surface area contributed by atoms with Crippen molar-refractivity contribution in [1.29, 1.82) is 0 Å². The molecule has 60 valence electrons. The van der Waals surface area contributed by atoms with Gasteiger partial charge < -0.3 is 10.1 Å². The highest BCUT2D eigenvalue weighted by Gasteiger charge is 2.08. The average Bonchev–Trinajstić information content (AvgIpc) is 1.85. The van der Waals surface area contributed by atoms with Gasteiger partial charge >= 0.3 is 0 Å². The van der Waals surface area contributed by atoms with Crippen molar-refractivity contribution < 1.29 is 9.50 Å². The zero-order chi connectivity index (χ0) is 8.43. The van der Waals surface area contributed by atoms with Gasteiger partial charge in [-0.2, -0.15) is 4.98 Å². The average molecular weight is 179 g/mol. The number of H-pyrrole nitrogens is 1. The minimum atomic E-state index is -1.91. The number of nitrogens with one attached hydrogen (secondary N) is 1. The number of aromatic amines is 1. The topological polar surface area (TPSA) is 66.0 Å². The van der Waals surface area contributed by atoms with E-state index in [0.717, 1.165) is 6.07 Å². The summed E-state index contributed by atoms with van der Waals surface area (Å²) in [5.41, 5.74) is -2.55. The van der Waals surface area contributed by atoms with Crippen LogP contribution >= 0.6 is 11.6 Å². The van der Waals surface area contributed by atoms with Gasteiger partial charge in [-0.1, -0.05) is 11.6 Å². The van der Waals surface area contributed by atoms with Crippen LogP contribution in [0.2, 0.25) is 0 Å². The van der Waals surface area contributed by atoms with E-state index in [1.54, 1.807) is 0 Å². The van der Waals surface area contributed by atoms with Crippen LogP contribution in [-0.4, -0.2) is 15.1 Å². The van der Waals surface area contributed by atoms with Gasteiger partial charge in [0, 0.05) is 0 Å². The minimum Gasteiger partial charge on any atom is -0.493 e. The lowest BCUT2D eigenvalue weighted by molar-refractivity contribution is 0.413. The van der Waals surface area contributed by atoms with Crippen molar-refractivity contribution >= 4 is 11.6 Å². The van der Waals surface area contributed by atoms with Crippen LogP contribution < -0.4 is 5.56 Å². The number of hydrogen-bond donors (Lipinski definition) is 2. The highest BCUT2D eigenvalue weighted by atomic mass is 35.5. The molecule has 11 heavy (non-hydrogen) atoms. The number of aromatic hydroxyl groups is 1. The molecule has 0 aliphatic carbocycles. The van der Waals surface area contributed by atoms with Crippen molar-refractivity contribution in [3.8, 4) is 5.88 Å². The molecule has 1 atom stereocenters. The van der Waals surface area contributed by atoms with E-state index in [-0.39, 0.29) is 0 Å².